The fraction of sp³-hybridized carbons (Fsp3) is 0.400. The lowest BCUT2D eigenvalue weighted by Crippen LogP contribution is -2.32. The van der Waals surface area contributed by atoms with Crippen LogP contribution >= 0.6 is 27.5 Å². The highest BCUT2D eigenvalue weighted by molar-refractivity contribution is 9.10. The van der Waals surface area contributed by atoms with E-state index >= 15 is 0 Å². The van der Waals surface area contributed by atoms with Gasteiger partial charge in [0, 0.05) is 28.8 Å². The number of hydrogen-bond donors (Lipinski definition) is 1. The number of nitrogens with one attached hydrogen (secondary N) is 1. The minimum atomic E-state index is -0.124. The zero-order chi connectivity index (χ0) is 11.3. The number of amides is 1. The number of carbonyl (C=O) groups excluding carboxylic acids is 1. The van der Waals surface area contributed by atoms with E-state index in [0.29, 0.717) is 11.4 Å². The van der Waals surface area contributed by atoms with Crippen LogP contribution in [0.3, 0.4) is 0 Å². The lowest BCUT2D eigenvalue weighted by molar-refractivity contribution is 0.0939. The van der Waals surface area contributed by atoms with Crippen LogP contribution in [-0.2, 0) is 0 Å². The molecule has 0 spiro atoms. The molecule has 1 atom stereocenters. The molecule has 3 nitrogen and oxygen atoms in total. The maximum absolute atomic E-state index is 11.7. The van der Waals surface area contributed by atoms with E-state index in [2.05, 4.69) is 26.2 Å². The molecule has 1 unspecified atom stereocenters. The van der Waals surface area contributed by atoms with Crippen LogP contribution in [0.5, 0.6) is 0 Å². The molecule has 1 aromatic rings. The Bertz CT molecular complexity index is 346. The Morgan fingerprint density at radius 2 is 2.40 bits per heavy atom. The fourth-order valence-electron chi connectivity index (χ4n) is 1.08. The van der Waals surface area contributed by atoms with Crippen LogP contribution in [0.15, 0.2) is 22.9 Å². The Labute approximate surface area is 102 Å². The summed E-state index contributed by atoms with van der Waals surface area (Å²) >= 11 is 8.84. The van der Waals surface area contributed by atoms with Crippen molar-refractivity contribution in [2.45, 2.75) is 19.4 Å². The van der Waals surface area contributed by atoms with Crippen LogP contribution in [0.1, 0.15) is 23.7 Å². The van der Waals surface area contributed by atoms with E-state index in [1.54, 1.807) is 12.3 Å². The van der Waals surface area contributed by atoms with Crippen molar-refractivity contribution in [1.29, 1.82) is 0 Å². The summed E-state index contributed by atoms with van der Waals surface area (Å²) in [5.41, 5.74) is 0.547. The van der Waals surface area contributed by atoms with Crippen molar-refractivity contribution in [2.75, 3.05) is 5.88 Å². The van der Waals surface area contributed by atoms with Gasteiger partial charge < -0.3 is 5.32 Å². The smallest absolute Gasteiger partial charge is 0.253 e. The highest BCUT2D eigenvalue weighted by Crippen LogP contribution is 2.09. The van der Waals surface area contributed by atoms with Crippen molar-refractivity contribution in [3.8, 4) is 0 Å². The Morgan fingerprint density at radius 3 is 3.00 bits per heavy atom. The number of alkyl halides is 1. The largest absolute Gasteiger partial charge is 0.349 e. The van der Waals surface area contributed by atoms with Crippen molar-refractivity contribution in [3.63, 3.8) is 0 Å². The average molecular weight is 292 g/mol. The second-order valence-electron chi connectivity index (χ2n) is 3.24. The monoisotopic (exact) mass is 290 g/mol. The summed E-state index contributed by atoms with van der Waals surface area (Å²) in [5.74, 6) is 0.416. The summed E-state index contributed by atoms with van der Waals surface area (Å²) in [6, 6.07) is 1.81. The van der Waals surface area contributed by atoms with Crippen LogP contribution in [0.25, 0.3) is 0 Å². The maximum Gasteiger partial charge on any atom is 0.253 e. The van der Waals surface area contributed by atoms with E-state index < -0.39 is 0 Å². The third-order valence-electron chi connectivity index (χ3n) is 1.89. The summed E-state index contributed by atoms with van der Waals surface area (Å²) in [6.45, 7) is 1.92. The van der Waals surface area contributed by atoms with Crippen LogP contribution < -0.4 is 5.32 Å². The number of carbonyl (C=O) groups is 1. The van der Waals surface area contributed by atoms with Crippen molar-refractivity contribution in [1.82, 2.24) is 10.3 Å². The number of pyridine rings is 1. The molecule has 0 aliphatic heterocycles. The predicted octanol–water partition coefficient (Wildman–Crippen LogP) is 2.59. The van der Waals surface area contributed by atoms with Crippen molar-refractivity contribution >= 4 is 33.4 Å². The molecule has 0 saturated heterocycles. The highest BCUT2D eigenvalue weighted by atomic mass is 79.9. The first-order chi connectivity index (χ1) is 7.13. The topological polar surface area (TPSA) is 42.0 Å². The van der Waals surface area contributed by atoms with Gasteiger partial charge in [-0.3, -0.25) is 9.78 Å². The van der Waals surface area contributed by atoms with Crippen LogP contribution in [0, 0.1) is 0 Å². The van der Waals surface area contributed by atoms with Gasteiger partial charge in [0.25, 0.3) is 5.91 Å². The van der Waals surface area contributed by atoms with Gasteiger partial charge in [0.05, 0.1) is 5.56 Å². The molecule has 82 valence electrons. The predicted molar refractivity (Wildman–Crippen MR) is 64.2 cm³/mol. The van der Waals surface area contributed by atoms with E-state index in [1.807, 2.05) is 6.92 Å². The number of halogens is 2. The quantitative estimate of drug-likeness (QED) is 0.867. The molecule has 0 aromatic carbocycles. The van der Waals surface area contributed by atoms with Crippen molar-refractivity contribution in [2.24, 2.45) is 0 Å². The first kappa shape index (κ1) is 12.5. The summed E-state index contributed by atoms with van der Waals surface area (Å²) in [4.78, 5) is 15.6. The third kappa shape index (κ3) is 4.18. The molecule has 1 amide bonds. The van der Waals surface area contributed by atoms with Gasteiger partial charge in [0.1, 0.15) is 0 Å². The summed E-state index contributed by atoms with van der Waals surface area (Å²) in [5, 5.41) is 2.84. The highest BCUT2D eigenvalue weighted by Gasteiger charge is 2.09. The lowest BCUT2D eigenvalue weighted by Gasteiger charge is -2.11. The van der Waals surface area contributed by atoms with Crippen LogP contribution in [-0.4, -0.2) is 22.8 Å². The maximum atomic E-state index is 11.7. The summed E-state index contributed by atoms with van der Waals surface area (Å²) in [7, 11) is 0. The van der Waals surface area contributed by atoms with Gasteiger partial charge >= 0.3 is 0 Å². The first-order valence-corrected chi connectivity index (χ1v) is 5.93. The second-order valence-corrected chi connectivity index (χ2v) is 4.54. The standard InChI is InChI=1S/C10H12BrClN2O/c1-7(2-3-12)14-10(15)8-4-9(11)6-13-5-8/h4-7H,2-3H2,1H3,(H,14,15). The first-order valence-electron chi connectivity index (χ1n) is 4.61. The van der Waals surface area contributed by atoms with Crippen LogP contribution in [0.2, 0.25) is 0 Å². The fourth-order valence-corrected chi connectivity index (χ4v) is 1.77. The molecule has 0 bridgehead atoms. The Morgan fingerprint density at radius 1 is 1.67 bits per heavy atom. The van der Waals surface area contributed by atoms with Gasteiger partial charge in [-0.05, 0) is 35.3 Å². The third-order valence-corrected chi connectivity index (χ3v) is 2.54. The van der Waals surface area contributed by atoms with E-state index in [1.165, 1.54) is 6.20 Å². The molecule has 1 aromatic heterocycles. The Hall–Kier alpha value is -0.610. The molecular formula is C10H12BrClN2O. The molecule has 0 aliphatic rings. The molecule has 1 heterocycles. The van der Waals surface area contributed by atoms with Gasteiger partial charge in [-0.15, -0.1) is 11.6 Å². The number of nitrogens with zero attached hydrogens (tertiary/aromatic N) is 1. The molecule has 1 rings (SSSR count). The number of hydrogen-bond acceptors (Lipinski definition) is 2. The zero-order valence-electron chi connectivity index (χ0n) is 8.34. The molecule has 15 heavy (non-hydrogen) atoms. The van der Waals surface area contributed by atoms with Gasteiger partial charge in [-0.1, -0.05) is 0 Å². The molecule has 1 N–H and O–H groups in total. The van der Waals surface area contributed by atoms with Crippen molar-refractivity contribution in [3.05, 3.63) is 28.5 Å². The number of aromatic nitrogens is 1. The van der Waals surface area contributed by atoms with Crippen molar-refractivity contribution < 1.29 is 4.79 Å². The average Bonchev–Trinajstić information content (AvgIpc) is 2.18. The Balaban J connectivity index is 2.61. The molecule has 5 heteroatoms. The second kappa shape index (κ2) is 6.08. The van der Waals surface area contributed by atoms with E-state index in [4.69, 9.17) is 11.6 Å². The Kier molecular flexibility index (Phi) is 5.05. The van der Waals surface area contributed by atoms with E-state index in [9.17, 15) is 4.79 Å². The van der Waals surface area contributed by atoms with E-state index in [0.717, 1.165) is 10.9 Å². The summed E-state index contributed by atoms with van der Waals surface area (Å²) < 4.78 is 0.792. The molecular weight excluding hydrogens is 279 g/mol. The minimum Gasteiger partial charge on any atom is -0.349 e. The SMILES string of the molecule is CC(CCCl)NC(=O)c1cncc(Br)c1. The molecule has 0 aliphatic carbocycles. The van der Waals surface area contributed by atoms with Gasteiger partial charge in [-0.25, -0.2) is 0 Å². The van der Waals surface area contributed by atoms with Gasteiger partial charge in [0.15, 0.2) is 0 Å². The zero-order valence-corrected chi connectivity index (χ0v) is 10.7. The summed E-state index contributed by atoms with van der Waals surface area (Å²) in [6.07, 6.45) is 3.93. The van der Waals surface area contributed by atoms with Gasteiger partial charge in [0.2, 0.25) is 0 Å². The van der Waals surface area contributed by atoms with Gasteiger partial charge in [-0.2, -0.15) is 0 Å². The normalized spacial score (nSPS) is 12.2. The van der Waals surface area contributed by atoms with E-state index in [-0.39, 0.29) is 11.9 Å². The number of rotatable bonds is 4. The molecule has 0 radical (unpaired) electrons. The molecule has 0 fully saturated rings. The van der Waals surface area contributed by atoms with Crippen LogP contribution in [0.4, 0.5) is 0 Å². The minimum absolute atomic E-state index is 0.0778. The molecule has 0 saturated carbocycles. The lowest BCUT2D eigenvalue weighted by atomic mass is 10.2.